The molecular weight excluding hydrogens is 450 g/mol. The fourth-order valence-corrected chi connectivity index (χ4v) is 4.94. The van der Waals surface area contributed by atoms with Crippen molar-refractivity contribution >= 4 is 11.8 Å². The Morgan fingerprint density at radius 1 is 0.889 bits per heavy atom. The maximum absolute atomic E-state index is 13.8. The van der Waals surface area contributed by atoms with Crippen molar-refractivity contribution in [2.45, 2.75) is 31.2 Å². The number of likely N-dealkylation sites (tertiary alicyclic amines) is 1. The molecule has 4 aromatic rings. The SMILES string of the molecule is CC(NC(=O)C1(c2ccccc2)CCN(C(=O)c2ccc(-n3cncn3)cc2)CC1)c1ccccc1. The number of nitrogens with zero attached hydrogens (tertiary/aromatic N) is 4. The van der Waals surface area contributed by atoms with Gasteiger partial charge in [-0.25, -0.2) is 9.67 Å². The van der Waals surface area contributed by atoms with Gasteiger partial charge in [0, 0.05) is 18.7 Å². The van der Waals surface area contributed by atoms with E-state index < -0.39 is 5.41 Å². The van der Waals surface area contributed by atoms with Gasteiger partial charge in [0.25, 0.3) is 5.91 Å². The second-order valence-corrected chi connectivity index (χ2v) is 9.23. The summed E-state index contributed by atoms with van der Waals surface area (Å²) in [7, 11) is 0. The number of rotatable bonds is 6. The van der Waals surface area contributed by atoms with Crippen molar-refractivity contribution in [3.05, 3.63) is 114 Å². The van der Waals surface area contributed by atoms with Gasteiger partial charge in [-0.2, -0.15) is 5.10 Å². The van der Waals surface area contributed by atoms with E-state index in [2.05, 4.69) is 15.4 Å². The number of amides is 2. The van der Waals surface area contributed by atoms with E-state index in [1.54, 1.807) is 11.0 Å². The van der Waals surface area contributed by atoms with Crippen LogP contribution in [0.15, 0.2) is 97.6 Å². The molecule has 182 valence electrons. The Balaban J connectivity index is 1.32. The summed E-state index contributed by atoms with van der Waals surface area (Å²) >= 11 is 0. The molecule has 1 aliphatic heterocycles. The molecule has 2 heterocycles. The molecule has 1 atom stereocenters. The third kappa shape index (κ3) is 4.64. The average molecular weight is 480 g/mol. The minimum absolute atomic E-state index is 0.00865. The van der Waals surface area contributed by atoms with Crippen LogP contribution in [-0.4, -0.2) is 44.6 Å². The molecule has 1 aliphatic rings. The van der Waals surface area contributed by atoms with Crippen LogP contribution < -0.4 is 5.32 Å². The fraction of sp³-hybridized carbons (Fsp3) is 0.241. The summed E-state index contributed by atoms with van der Waals surface area (Å²) in [6.45, 7) is 3.02. The Bertz CT molecular complexity index is 1300. The van der Waals surface area contributed by atoms with Gasteiger partial charge in [0.2, 0.25) is 5.91 Å². The van der Waals surface area contributed by atoms with Crippen LogP contribution >= 0.6 is 0 Å². The Hall–Kier alpha value is -4.26. The van der Waals surface area contributed by atoms with Crippen LogP contribution in [0.1, 0.15) is 47.3 Å². The molecule has 1 unspecified atom stereocenters. The first-order valence-electron chi connectivity index (χ1n) is 12.2. The van der Waals surface area contributed by atoms with Crippen LogP contribution in [0.5, 0.6) is 0 Å². The number of hydrogen-bond donors (Lipinski definition) is 1. The van der Waals surface area contributed by atoms with Gasteiger partial charge in [-0.1, -0.05) is 60.7 Å². The molecule has 5 rings (SSSR count). The first-order valence-corrected chi connectivity index (χ1v) is 12.2. The van der Waals surface area contributed by atoms with E-state index in [0.29, 0.717) is 31.5 Å². The lowest BCUT2D eigenvalue weighted by Crippen LogP contribution is -2.53. The summed E-state index contributed by atoms with van der Waals surface area (Å²) in [6.07, 6.45) is 4.22. The van der Waals surface area contributed by atoms with Gasteiger partial charge < -0.3 is 10.2 Å². The van der Waals surface area contributed by atoms with Crippen LogP contribution in [-0.2, 0) is 10.2 Å². The van der Waals surface area contributed by atoms with Gasteiger partial charge in [-0.3, -0.25) is 9.59 Å². The van der Waals surface area contributed by atoms with Crippen LogP contribution in [0.4, 0.5) is 0 Å². The lowest BCUT2D eigenvalue weighted by atomic mass is 9.71. The molecule has 0 radical (unpaired) electrons. The molecule has 0 saturated carbocycles. The predicted octanol–water partition coefficient (Wildman–Crippen LogP) is 4.32. The minimum atomic E-state index is -0.683. The van der Waals surface area contributed by atoms with Gasteiger partial charge in [0.15, 0.2) is 0 Å². The van der Waals surface area contributed by atoms with E-state index in [9.17, 15) is 9.59 Å². The molecular formula is C29H29N5O2. The number of carbonyl (C=O) groups is 2. The standard InChI is InChI=1S/C29H29N5O2/c1-22(23-8-4-2-5-9-23)32-28(36)29(25-10-6-3-7-11-25)16-18-33(19-17-29)27(35)24-12-14-26(15-13-24)34-21-30-20-31-34/h2-15,20-22H,16-19H2,1H3,(H,32,36). The highest BCUT2D eigenvalue weighted by atomic mass is 16.2. The van der Waals surface area contributed by atoms with Crippen molar-refractivity contribution in [3.63, 3.8) is 0 Å². The zero-order valence-corrected chi connectivity index (χ0v) is 20.2. The number of benzene rings is 3. The second kappa shape index (κ2) is 10.2. The molecule has 7 heteroatoms. The first kappa shape index (κ1) is 23.5. The normalized spacial score (nSPS) is 15.8. The third-order valence-corrected chi connectivity index (χ3v) is 7.11. The second-order valence-electron chi connectivity index (χ2n) is 9.23. The highest BCUT2D eigenvalue weighted by Crippen LogP contribution is 2.37. The van der Waals surface area contributed by atoms with Crippen LogP contribution in [0, 0.1) is 0 Å². The van der Waals surface area contributed by atoms with Crippen LogP contribution in [0.2, 0.25) is 0 Å². The summed E-state index contributed by atoms with van der Waals surface area (Å²) < 4.78 is 1.65. The van der Waals surface area contributed by atoms with Crippen LogP contribution in [0.25, 0.3) is 5.69 Å². The maximum Gasteiger partial charge on any atom is 0.253 e. The van der Waals surface area contributed by atoms with E-state index in [4.69, 9.17) is 0 Å². The predicted molar refractivity (Wildman–Crippen MR) is 138 cm³/mol. The number of aromatic nitrogens is 3. The Morgan fingerprint density at radius 2 is 1.53 bits per heavy atom. The topological polar surface area (TPSA) is 80.1 Å². The van der Waals surface area contributed by atoms with E-state index in [-0.39, 0.29) is 17.9 Å². The zero-order valence-electron chi connectivity index (χ0n) is 20.2. The fourth-order valence-electron chi connectivity index (χ4n) is 4.94. The zero-order chi connectivity index (χ0) is 25.0. The van der Waals surface area contributed by atoms with E-state index >= 15 is 0 Å². The summed E-state index contributed by atoms with van der Waals surface area (Å²) in [6, 6.07) is 27.2. The Labute approximate surface area is 210 Å². The van der Waals surface area contributed by atoms with Crippen molar-refractivity contribution < 1.29 is 9.59 Å². The van der Waals surface area contributed by atoms with E-state index in [0.717, 1.165) is 16.8 Å². The van der Waals surface area contributed by atoms with Gasteiger partial charge >= 0.3 is 0 Å². The molecule has 1 saturated heterocycles. The number of carbonyl (C=O) groups excluding carboxylic acids is 2. The lowest BCUT2D eigenvalue weighted by molar-refractivity contribution is -0.129. The molecule has 1 aromatic heterocycles. The van der Waals surface area contributed by atoms with Crippen molar-refractivity contribution in [2.24, 2.45) is 0 Å². The summed E-state index contributed by atoms with van der Waals surface area (Å²) in [5, 5.41) is 7.37. The summed E-state index contributed by atoms with van der Waals surface area (Å²) in [5.74, 6) is -0.0193. The smallest absolute Gasteiger partial charge is 0.253 e. The minimum Gasteiger partial charge on any atom is -0.349 e. The Kier molecular flexibility index (Phi) is 6.62. The molecule has 36 heavy (non-hydrogen) atoms. The van der Waals surface area contributed by atoms with Gasteiger partial charge in [-0.05, 0) is 55.2 Å². The highest BCUT2D eigenvalue weighted by molar-refractivity contribution is 5.95. The Morgan fingerprint density at radius 3 is 2.14 bits per heavy atom. The largest absolute Gasteiger partial charge is 0.349 e. The lowest BCUT2D eigenvalue weighted by Gasteiger charge is -2.41. The van der Waals surface area contributed by atoms with Crippen molar-refractivity contribution in [2.75, 3.05) is 13.1 Å². The molecule has 7 nitrogen and oxygen atoms in total. The van der Waals surface area contributed by atoms with Crippen molar-refractivity contribution in [3.8, 4) is 5.69 Å². The summed E-state index contributed by atoms with van der Waals surface area (Å²) in [5.41, 5.74) is 2.84. The third-order valence-electron chi connectivity index (χ3n) is 7.11. The molecule has 0 aliphatic carbocycles. The highest BCUT2D eigenvalue weighted by Gasteiger charge is 2.44. The first-order chi connectivity index (χ1) is 17.6. The maximum atomic E-state index is 13.8. The van der Waals surface area contributed by atoms with Crippen molar-refractivity contribution in [1.29, 1.82) is 0 Å². The van der Waals surface area contributed by atoms with E-state index in [1.807, 2.05) is 96.8 Å². The number of hydrogen-bond acceptors (Lipinski definition) is 4. The molecule has 2 amide bonds. The van der Waals surface area contributed by atoms with Crippen LogP contribution in [0.3, 0.4) is 0 Å². The molecule has 1 fully saturated rings. The summed E-state index contributed by atoms with van der Waals surface area (Å²) in [4.78, 5) is 32.8. The van der Waals surface area contributed by atoms with Gasteiger partial charge in [0.05, 0.1) is 17.1 Å². The monoisotopic (exact) mass is 479 g/mol. The van der Waals surface area contributed by atoms with Gasteiger partial charge in [-0.15, -0.1) is 0 Å². The number of piperidine rings is 1. The van der Waals surface area contributed by atoms with Crippen molar-refractivity contribution in [1.82, 2.24) is 25.0 Å². The average Bonchev–Trinajstić information content (AvgIpc) is 3.49. The molecule has 0 spiro atoms. The molecule has 1 N–H and O–H groups in total. The quantitative estimate of drug-likeness (QED) is 0.447. The molecule has 3 aromatic carbocycles. The molecule has 0 bridgehead atoms. The van der Waals surface area contributed by atoms with Gasteiger partial charge in [0.1, 0.15) is 12.7 Å². The van der Waals surface area contributed by atoms with E-state index in [1.165, 1.54) is 6.33 Å². The number of nitrogens with one attached hydrogen (secondary N) is 1.